The number of aromatic hydroxyl groups is 1. The predicted molar refractivity (Wildman–Crippen MR) is 134 cm³/mol. The number of rotatable bonds is 2. The number of quaternary nitrogens is 1. The van der Waals surface area contributed by atoms with E-state index in [4.69, 9.17) is 4.74 Å². The van der Waals surface area contributed by atoms with Crippen LogP contribution in [0.25, 0.3) is 0 Å². The largest absolute Gasteiger partial charge is 0.507 e. The molecule has 4 aliphatic heterocycles. The lowest BCUT2D eigenvalue weighted by molar-refractivity contribution is -0.914. The first-order valence-corrected chi connectivity index (χ1v) is 13.0. The fourth-order valence-corrected chi connectivity index (χ4v) is 5.61. The molecular formula is C28H47N2O2+. The molecule has 0 amide bonds. The maximum Gasteiger partial charge on any atom is 0.127 e. The van der Waals surface area contributed by atoms with Gasteiger partial charge < -0.3 is 14.7 Å². The summed E-state index contributed by atoms with van der Waals surface area (Å²) < 4.78 is 6.17. The van der Waals surface area contributed by atoms with E-state index in [1.165, 1.54) is 64.1 Å². The zero-order chi connectivity index (χ0) is 23.3. The maximum atomic E-state index is 10.4. The molecule has 0 unspecified atom stereocenters. The van der Waals surface area contributed by atoms with Gasteiger partial charge in [-0.25, -0.2) is 0 Å². The molecule has 0 radical (unpaired) electrons. The number of nitrogens with zero attached hydrogens (tertiary/aromatic N) is 1. The highest BCUT2D eigenvalue weighted by molar-refractivity contribution is 5.54. The van der Waals surface area contributed by atoms with E-state index in [9.17, 15) is 5.11 Å². The molecule has 5 aliphatic rings. The number of fused-ring (bicyclic) bond motifs is 6. The van der Waals surface area contributed by atoms with Crippen molar-refractivity contribution in [3.05, 3.63) is 34.9 Å². The third-order valence-corrected chi connectivity index (χ3v) is 7.78. The van der Waals surface area contributed by atoms with E-state index in [0.717, 1.165) is 29.7 Å². The van der Waals surface area contributed by atoms with Crippen LogP contribution in [0.15, 0.2) is 23.8 Å². The van der Waals surface area contributed by atoms with Crippen molar-refractivity contribution >= 4 is 0 Å². The molecule has 3 fully saturated rings. The quantitative estimate of drug-likeness (QED) is 0.650. The lowest BCUT2D eigenvalue weighted by Gasteiger charge is -2.46. The van der Waals surface area contributed by atoms with Crippen molar-refractivity contribution < 1.29 is 14.7 Å². The van der Waals surface area contributed by atoms with Gasteiger partial charge in [-0.3, -0.25) is 4.90 Å². The molecule has 4 nitrogen and oxygen atoms in total. The number of benzene rings is 1. The van der Waals surface area contributed by atoms with Crippen LogP contribution in [-0.2, 0) is 0 Å². The summed E-state index contributed by atoms with van der Waals surface area (Å²) >= 11 is 0. The first-order chi connectivity index (χ1) is 15.3. The van der Waals surface area contributed by atoms with Crippen molar-refractivity contribution in [2.45, 2.75) is 85.2 Å². The van der Waals surface area contributed by atoms with Gasteiger partial charge in [0.2, 0.25) is 0 Å². The Morgan fingerprint density at radius 3 is 2.16 bits per heavy atom. The van der Waals surface area contributed by atoms with E-state index in [-0.39, 0.29) is 11.5 Å². The molecule has 32 heavy (non-hydrogen) atoms. The van der Waals surface area contributed by atoms with Crippen LogP contribution >= 0.6 is 0 Å². The summed E-state index contributed by atoms with van der Waals surface area (Å²) in [6, 6.07) is 3.93. The number of piperazine rings is 3. The van der Waals surface area contributed by atoms with Gasteiger partial charge in [-0.1, -0.05) is 50.8 Å². The fraction of sp³-hybridized carbons (Fsp3) is 0.714. The second-order valence-electron chi connectivity index (χ2n) is 10.7. The van der Waals surface area contributed by atoms with Crippen LogP contribution in [0.1, 0.15) is 83.8 Å². The predicted octanol–water partition coefficient (Wildman–Crippen LogP) is 4.71. The first-order valence-electron chi connectivity index (χ1n) is 13.0. The fourth-order valence-electron chi connectivity index (χ4n) is 5.61. The molecule has 2 bridgehead atoms. The molecule has 0 aromatic heterocycles. The van der Waals surface area contributed by atoms with Crippen LogP contribution in [0.2, 0.25) is 0 Å². The van der Waals surface area contributed by atoms with E-state index >= 15 is 0 Å². The van der Waals surface area contributed by atoms with Crippen LogP contribution in [0.5, 0.6) is 11.5 Å². The lowest BCUT2D eigenvalue weighted by atomic mass is 9.68. The van der Waals surface area contributed by atoms with Gasteiger partial charge in [0.05, 0.1) is 19.6 Å². The minimum absolute atomic E-state index is 0.170. The number of hydrogen-bond donors (Lipinski definition) is 2. The highest BCUT2D eigenvalue weighted by Crippen LogP contribution is 2.53. The van der Waals surface area contributed by atoms with Crippen molar-refractivity contribution in [2.75, 3.05) is 39.3 Å². The van der Waals surface area contributed by atoms with E-state index in [0.29, 0.717) is 11.7 Å². The highest BCUT2D eigenvalue weighted by atomic mass is 16.5. The third kappa shape index (κ3) is 5.88. The number of phenols is 1. The molecule has 0 spiro atoms. The van der Waals surface area contributed by atoms with Crippen molar-refractivity contribution in [3.63, 3.8) is 0 Å². The monoisotopic (exact) mass is 443 g/mol. The first kappa shape index (κ1) is 25.1. The number of aryl methyl sites for hydroxylation is 1. The van der Waals surface area contributed by atoms with Gasteiger partial charge in [0.25, 0.3) is 0 Å². The number of allylic oxidation sites excluding steroid dienone is 2. The van der Waals surface area contributed by atoms with Crippen LogP contribution in [0, 0.1) is 12.8 Å². The number of nitrogens with one attached hydrogen (secondary N) is 1. The second-order valence-corrected chi connectivity index (χ2v) is 10.7. The van der Waals surface area contributed by atoms with Crippen molar-refractivity contribution in [1.29, 1.82) is 0 Å². The molecule has 1 aromatic carbocycles. The van der Waals surface area contributed by atoms with E-state index in [1.807, 2.05) is 24.0 Å². The summed E-state index contributed by atoms with van der Waals surface area (Å²) in [7, 11) is 0. The van der Waals surface area contributed by atoms with Crippen LogP contribution < -0.4 is 9.64 Å². The zero-order valence-electron chi connectivity index (χ0n) is 21.5. The average Bonchev–Trinajstić information content (AvgIpc) is 2.78. The van der Waals surface area contributed by atoms with Crippen LogP contribution in [0.4, 0.5) is 0 Å². The molecule has 2 N–H and O–H groups in total. The van der Waals surface area contributed by atoms with Crippen molar-refractivity contribution in [3.8, 4) is 11.5 Å². The second kappa shape index (κ2) is 11.1. The Hall–Kier alpha value is -1.52. The molecule has 2 atom stereocenters. The molecule has 180 valence electrons. The number of ether oxygens (including phenoxy) is 1. The molecule has 1 aliphatic carbocycles. The Balaban J connectivity index is 0.000000182. The SMILES string of the molecule is C1C[NH+]2CCN1CC2.CC1=C[C@H]2c3c(ccc(C)c3O)OC(C)(C)[C@@H]2CC1.CCCCC. The summed E-state index contributed by atoms with van der Waals surface area (Å²) in [6.07, 6.45) is 8.67. The summed E-state index contributed by atoms with van der Waals surface area (Å²) in [6.45, 7) is 21.2. The van der Waals surface area contributed by atoms with Crippen molar-refractivity contribution in [2.24, 2.45) is 5.92 Å². The number of hydrogen-bond acceptors (Lipinski definition) is 3. The maximum absolute atomic E-state index is 10.4. The molecular weight excluding hydrogens is 396 g/mol. The number of unbranched alkanes of at least 4 members (excludes halogenated alkanes) is 2. The summed E-state index contributed by atoms with van der Waals surface area (Å²) in [5, 5.41) is 10.4. The van der Waals surface area contributed by atoms with E-state index in [1.54, 1.807) is 0 Å². The number of phenolic OH excluding ortho intramolecular Hbond substituents is 1. The Labute approximate surface area is 196 Å². The van der Waals surface area contributed by atoms with E-state index in [2.05, 4.69) is 45.6 Å². The van der Waals surface area contributed by atoms with Crippen LogP contribution in [0.3, 0.4) is 0 Å². The summed E-state index contributed by atoms with van der Waals surface area (Å²) in [5.41, 5.74) is 3.17. The van der Waals surface area contributed by atoms with Gasteiger partial charge in [-0.15, -0.1) is 0 Å². The minimum atomic E-state index is -0.170. The molecule has 0 saturated carbocycles. The lowest BCUT2D eigenvalue weighted by Crippen LogP contribution is -3.17. The molecule has 4 heterocycles. The van der Waals surface area contributed by atoms with E-state index < -0.39 is 0 Å². The average molecular weight is 444 g/mol. The molecule has 6 rings (SSSR count). The molecule has 1 aromatic rings. The normalized spacial score (nSPS) is 29.1. The highest BCUT2D eigenvalue weighted by Gasteiger charge is 2.45. The van der Waals surface area contributed by atoms with Gasteiger partial charge in [0.1, 0.15) is 17.1 Å². The topological polar surface area (TPSA) is 37.1 Å². The van der Waals surface area contributed by atoms with Gasteiger partial charge >= 0.3 is 0 Å². The van der Waals surface area contributed by atoms with Gasteiger partial charge in [0, 0.05) is 37.0 Å². The van der Waals surface area contributed by atoms with Gasteiger partial charge in [-0.05, 0) is 52.2 Å². The Morgan fingerprint density at radius 2 is 1.69 bits per heavy atom. The smallest absolute Gasteiger partial charge is 0.127 e. The van der Waals surface area contributed by atoms with Crippen LogP contribution in [-0.4, -0.2) is 54.9 Å². The Bertz CT molecular complexity index is 753. The third-order valence-electron chi connectivity index (χ3n) is 7.78. The summed E-state index contributed by atoms with van der Waals surface area (Å²) in [4.78, 5) is 4.39. The van der Waals surface area contributed by atoms with Gasteiger partial charge in [0.15, 0.2) is 0 Å². The van der Waals surface area contributed by atoms with Crippen molar-refractivity contribution in [1.82, 2.24) is 4.90 Å². The standard InChI is InChI=1S/C17H22O2.C6H12N2.C5H12/c1-10-5-7-13-12(9-10)15-14(19-17(13,3)4)8-6-11(2)16(15)18;1-2-8-5-3-7(1)4-6-8;1-3-5-4-2/h6,8-9,12-13,18H,5,7H2,1-4H3;1-6H2;3-5H2,1-2H3/p+1/t12-,13-;;/m1../s1. The Morgan fingerprint density at radius 1 is 1.06 bits per heavy atom. The molecule has 4 heteroatoms. The molecule has 3 saturated heterocycles. The minimum Gasteiger partial charge on any atom is -0.507 e. The zero-order valence-corrected chi connectivity index (χ0v) is 21.5. The Kier molecular flexibility index (Phi) is 8.68. The summed E-state index contributed by atoms with van der Waals surface area (Å²) in [5.74, 6) is 1.98. The van der Waals surface area contributed by atoms with Gasteiger partial charge in [-0.2, -0.15) is 0 Å².